The van der Waals surface area contributed by atoms with Crippen LogP contribution >= 0.6 is 0 Å². The molecule has 0 radical (unpaired) electrons. The molecule has 1 unspecified atom stereocenters. The number of amides is 1. The van der Waals surface area contributed by atoms with Crippen molar-refractivity contribution in [1.29, 1.82) is 0 Å². The third-order valence-electron chi connectivity index (χ3n) is 5.08. The molecule has 1 fully saturated rings. The van der Waals surface area contributed by atoms with Gasteiger partial charge in [-0.15, -0.1) is 0 Å². The number of anilines is 1. The van der Waals surface area contributed by atoms with E-state index in [9.17, 15) is 19.1 Å². The molecule has 6 heteroatoms. The van der Waals surface area contributed by atoms with Crippen LogP contribution in [0.15, 0.2) is 84.4 Å². The maximum atomic E-state index is 13.6. The second-order valence-electron chi connectivity index (χ2n) is 7.02. The van der Waals surface area contributed by atoms with E-state index >= 15 is 0 Å². The summed E-state index contributed by atoms with van der Waals surface area (Å²) < 4.78 is 19.0. The maximum Gasteiger partial charge on any atom is 0.300 e. The number of halogens is 1. The fraction of sp³-hybridized carbons (Fsp3) is 0.120. The van der Waals surface area contributed by atoms with Gasteiger partial charge in [-0.3, -0.25) is 14.5 Å². The SMILES string of the molecule is CCOc1cccc(/C(O)=C2/C(=O)C(=O)N(c3ccccc3)C2c2ccc(F)cc2)c1. The number of ketones is 1. The minimum atomic E-state index is -0.904. The van der Waals surface area contributed by atoms with Gasteiger partial charge in [-0.05, 0) is 48.9 Å². The standard InChI is InChI=1S/C25H20FNO4/c1-2-31-20-10-6-7-17(15-20)23(28)21-22(16-11-13-18(26)14-12-16)27(25(30)24(21)29)19-8-4-3-5-9-19/h3-15,22,28H,2H2,1H3/b23-21-. The first-order valence-corrected chi connectivity index (χ1v) is 9.86. The van der Waals surface area contributed by atoms with Gasteiger partial charge in [0.1, 0.15) is 17.3 Å². The van der Waals surface area contributed by atoms with Crippen molar-refractivity contribution < 1.29 is 23.8 Å². The third-order valence-corrected chi connectivity index (χ3v) is 5.08. The number of hydrogen-bond acceptors (Lipinski definition) is 4. The van der Waals surface area contributed by atoms with Crippen LogP contribution in [0.4, 0.5) is 10.1 Å². The van der Waals surface area contributed by atoms with E-state index in [1.54, 1.807) is 54.6 Å². The predicted octanol–water partition coefficient (Wildman–Crippen LogP) is 4.85. The van der Waals surface area contributed by atoms with Crippen LogP contribution < -0.4 is 9.64 Å². The Labute approximate surface area is 179 Å². The molecule has 4 rings (SSSR count). The summed E-state index contributed by atoms with van der Waals surface area (Å²) in [6, 6.07) is 20.0. The largest absolute Gasteiger partial charge is 0.507 e. The molecule has 1 N–H and O–H groups in total. The zero-order valence-electron chi connectivity index (χ0n) is 16.8. The lowest BCUT2D eigenvalue weighted by Gasteiger charge is -2.25. The normalized spacial score (nSPS) is 17.7. The maximum absolute atomic E-state index is 13.6. The summed E-state index contributed by atoms with van der Waals surface area (Å²) in [5.41, 5.74) is 1.30. The topological polar surface area (TPSA) is 66.8 Å². The molecule has 31 heavy (non-hydrogen) atoms. The van der Waals surface area contributed by atoms with Crippen LogP contribution in [-0.2, 0) is 9.59 Å². The number of ether oxygens (including phenoxy) is 1. The lowest BCUT2D eigenvalue weighted by atomic mass is 9.95. The average Bonchev–Trinajstić information content (AvgIpc) is 3.05. The molecule has 3 aromatic rings. The number of rotatable bonds is 5. The lowest BCUT2D eigenvalue weighted by Crippen LogP contribution is -2.29. The first kappa shape index (κ1) is 20.3. The fourth-order valence-corrected chi connectivity index (χ4v) is 3.70. The third kappa shape index (κ3) is 3.80. The smallest absolute Gasteiger partial charge is 0.300 e. The molecule has 1 saturated heterocycles. The Kier molecular flexibility index (Phi) is 5.54. The number of carbonyl (C=O) groups is 2. The molecule has 1 atom stereocenters. The van der Waals surface area contributed by atoms with Crippen molar-refractivity contribution >= 4 is 23.1 Å². The van der Waals surface area contributed by atoms with E-state index in [4.69, 9.17) is 4.74 Å². The van der Waals surface area contributed by atoms with E-state index < -0.39 is 23.5 Å². The first-order chi connectivity index (χ1) is 15.0. The van der Waals surface area contributed by atoms with Crippen LogP contribution in [0.25, 0.3) is 5.76 Å². The number of benzene rings is 3. The van der Waals surface area contributed by atoms with Crippen LogP contribution in [0, 0.1) is 5.82 Å². The Morgan fingerprint density at radius 1 is 1.00 bits per heavy atom. The Hall–Kier alpha value is -3.93. The predicted molar refractivity (Wildman–Crippen MR) is 115 cm³/mol. The molecule has 1 amide bonds. The number of para-hydroxylation sites is 1. The van der Waals surface area contributed by atoms with E-state index in [-0.39, 0.29) is 11.3 Å². The quantitative estimate of drug-likeness (QED) is 0.366. The van der Waals surface area contributed by atoms with Crippen LogP contribution in [0.5, 0.6) is 5.75 Å². The zero-order chi connectivity index (χ0) is 22.0. The van der Waals surface area contributed by atoms with Gasteiger partial charge in [0.2, 0.25) is 0 Å². The number of nitrogens with zero attached hydrogens (tertiary/aromatic N) is 1. The van der Waals surface area contributed by atoms with Crippen molar-refractivity contribution in [2.45, 2.75) is 13.0 Å². The van der Waals surface area contributed by atoms with Crippen LogP contribution in [-0.4, -0.2) is 23.4 Å². The van der Waals surface area contributed by atoms with Crippen molar-refractivity contribution in [3.8, 4) is 5.75 Å². The minimum Gasteiger partial charge on any atom is -0.507 e. The summed E-state index contributed by atoms with van der Waals surface area (Å²) in [6.07, 6.45) is 0. The highest BCUT2D eigenvalue weighted by molar-refractivity contribution is 6.51. The molecule has 3 aromatic carbocycles. The summed E-state index contributed by atoms with van der Waals surface area (Å²) in [6.45, 7) is 2.28. The van der Waals surface area contributed by atoms with Crippen molar-refractivity contribution in [2.75, 3.05) is 11.5 Å². The van der Waals surface area contributed by atoms with E-state index in [0.29, 0.717) is 29.2 Å². The van der Waals surface area contributed by atoms with Gasteiger partial charge >= 0.3 is 0 Å². The van der Waals surface area contributed by atoms with E-state index in [0.717, 1.165) is 0 Å². The molecule has 0 saturated carbocycles. The second kappa shape index (κ2) is 8.44. The van der Waals surface area contributed by atoms with Crippen molar-refractivity contribution in [3.63, 3.8) is 0 Å². The Balaban J connectivity index is 1.91. The highest BCUT2D eigenvalue weighted by atomic mass is 19.1. The van der Waals surface area contributed by atoms with Crippen LogP contribution in [0.2, 0.25) is 0 Å². The summed E-state index contributed by atoms with van der Waals surface area (Å²) in [4.78, 5) is 27.4. The summed E-state index contributed by atoms with van der Waals surface area (Å²) in [7, 11) is 0. The first-order valence-electron chi connectivity index (χ1n) is 9.86. The van der Waals surface area contributed by atoms with Gasteiger partial charge in [-0.2, -0.15) is 0 Å². The van der Waals surface area contributed by atoms with Crippen LogP contribution in [0.1, 0.15) is 24.1 Å². The zero-order valence-corrected chi connectivity index (χ0v) is 16.8. The molecule has 5 nitrogen and oxygen atoms in total. The number of hydrogen-bond donors (Lipinski definition) is 1. The molecule has 0 spiro atoms. The van der Waals surface area contributed by atoms with Crippen LogP contribution in [0.3, 0.4) is 0 Å². The molecule has 1 aliphatic rings. The van der Waals surface area contributed by atoms with Gasteiger partial charge in [0.25, 0.3) is 11.7 Å². The lowest BCUT2D eigenvalue weighted by molar-refractivity contribution is -0.132. The van der Waals surface area contributed by atoms with E-state index in [1.165, 1.54) is 29.2 Å². The van der Waals surface area contributed by atoms with E-state index in [1.807, 2.05) is 6.92 Å². The van der Waals surface area contributed by atoms with E-state index in [2.05, 4.69) is 0 Å². The summed E-state index contributed by atoms with van der Waals surface area (Å²) in [5, 5.41) is 11.1. The molecule has 0 aromatic heterocycles. The van der Waals surface area contributed by atoms with Gasteiger partial charge < -0.3 is 9.84 Å². The van der Waals surface area contributed by atoms with Crippen molar-refractivity contribution in [2.24, 2.45) is 0 Å². The molecule has 1 heterocycles. The second-order valence-corrected chi connectivity index (χ2v) is 7.02. The summed E-state index contributed by atoms with van der Waals surface area (Å²) >= 11 is 0. The summed E-state index contributed by atoms with van der Waals surface area (Å²) in [5.74, 6) is -1.79. The van der Waals surface area contributed by atoms with Crippen molar-refractivity contribution in [3.05, 3.63) is 101 Å². The molecular weight excluding hydrogens is 397 g/mol. The Morgan fingerprint density at radius 3 is 2.39 bits per heavy atom. The Bertz CT molecular complexity index is 1160. The highest BCUT2D eigenvalue weighted by Crippen LogP contribution is 2.42. The van der Waals surface area contributed by atoms with Gasteiger partial charge in [0.15, 0.2) is 0 Å². The molecule has 1 aliphatic heterocycles. The number of carbonyl (C=O) groups excluding carboxylic acids is 2. The minimum absolute atomic E-state index is 0.0610. The molecule has 0 aliphatic carbocycles. The number of aliphatic hydroxyl groups is 1. The van der Waals surface area contributed by atoms with Crippen molar-refractivity contribution in [1.82, 2.24) is 0 Å². The average molecular weight is 417 g/mol. The number of Topliss-reactive ketones (excluding diaryl/α,β-unsaturated/α-hetero) is 1. The fourth-order valence-electron chi connectivity index (χ4n) is 3.70. The highest BCUT2D eigenvalue weighted by Gasteiger charge is 2.46. The molecule has 0 bridgehead atoms. The van der Waals surface area contributed by atoms with Gasteiger partial charge in [-0.1, -0.05) is 42.5 Å². The Morgan fingerprint density at radius 2 is 1.71 bits per heavy atom. The van der Waals surface area contributed by atoms with Gasteiger partial charge in [0.05, 0.1) is 18.2 Å². The molecular formula is C25H20FNO4. The van der Waals surface area contributed by atoms with Gasteiger partial charge in [0, 0.05) is 11.3 Å². The van der Waals surface area contributed by atoms with Gasteiger partial charge in [-0.25, -0.2) is 4.39 Å². The molecule has 156 valence electrons. The monoisotopic (exact) mass is 417 g/mol. The number of aliphatic hydroxyl groups excluding tert-OH is 1.